The van der Waals surface area contributed by atoms with E-state index in [-0.39, 0.29) is 17.9 Å². The standard InChI is InChI=1S/C15H21NO6/c1-8(21-10(3)17)9(2)22-15(20)12(16)6-11-4-5-13(18)14(19)7-11/h4-5,7-9,12,18-19H,6,16H2,1-3H3/t8?,9-,12+/m1/s1. The molecule has 7 heteroatoms. The topological polar surface area (TPSA) is 119 Å². The lowest BCUT2D eigenvalue weighted by atomic mass is 10.1. The molecule has 4 N–H and O–H groups in total. The maximum absolute atomic E-state index is 11.9. The Hall–Kier alpha value is -2.28. The Morgan fingerprint density at radius 3 is 2.27 bits per heavy atom. The number of carbonyl (C=O) groups is 2. The molecule has 0 amide bonds. The Kier molecular flexibility index (Phi) is 6.18. The molecule has 0 heterocycles. The SMILES string of the molecule is CC(=O)OC(C)[C@@H](C)OC(=O)[C@@H](N)Cc1ccc(O)c(O)c1. The minimum atomic E-state index is -0.934. The third kappa shape index (κ3) is 5.25. The molecule has 3 atom stereocenters. The fraction of sp³-hybridized carbons (Fsp3) is 0.467. The molecule has 0 saturated carbocycles. The van der Waals surface area contributed by atoms with Gasteiger partial charge in [-0.25, -0.2) is 0 Å². The zero-order valence-corrected chi connectivity index (χ0v) is 12.8. The van der Waals surface area contributed by atoms with Gasteiger partial charge in [0.2, 0.25) is 0 Å². The molecule has 22 heavy (non-hydrogen) atoms. The average molecular weight is 311 g/mol. The predicted octanol–water partition coefficient (Wildman–Crippen LogP) is 0.851. The summed E-state index contributed by atoms with van der Waals surface area (Å²) < 4.78 is 10.1. The number of aromatic hydroxyl groups is 2. The molecule has 0 saturated heterocycles. The summed E-state index contributed by atoms with van der Waals surface area (Å²) in [7, 11) is 0. The Morgan fingerprint density at radius 2 is 1.73 bits per heavy atom. The smallest absolute Gasteiger partial charge is 0.323 e. The molecule has 0 bridgehead atoms. The predicted molar refractivity (Wildman–Crippen MR) is 78.2 cm³/mol. The van der Waals surface area contributed by atoms with Crippen molar-refractivity contribution < 1.29 is 29.3 Å². The van der Waals surface area contributed by atoms with E-state index in [1.165, 1.54) is 19.1 Å². The summed E-state index contributed by atoms with van der Waals surface area (Å²) >= 11 is 0. The van der Waals surface area contributed by atoms with E-state index in [2.05, 4.69) is 0 Å². The molecule has 0 aliphatic heterocycles. The molecule has 0 aliphatic rings. The van der Waals surface area contributed by atoms with Crippen LogP contribution in [0.1, 0.15) is 26.3 Å². The van der Waals surface area contributed by atoms with Crippen molar-refractivity contribution in [1.82, 2.24) is 0 Å². The summed E-state index contributed by atoms with van der Waals surface area (Å²) in [6, 6.07) is 3.25. The van der Waals surface area contributed by atoms with Crippen molar-refractivity contribution in [3.63, 3.8) is 0 Å². The van der Waals surface area contributed by atoms with E-state index >= 15 is 0 Å². The first-order chi connectivity index (χ1) is 10.2. The fourth-order valence-corrected chi connectivity index (χ4v) is 1.76. The minimum Gasteiger partial charge on any atom is -0.504 e. The lowest BCUT2D eigenvalue weighted by molar-refractivity contribution is -0.164. The second kappa shape index (κ2) is 7.65. The molecule has 1 aromatic carbocycles. The van der Waals surface area contributed by atoms with Crippen LogP contribution in [0.2, 0.25) is 0 Å². The molecule has 1 rings (SSSR count). The van der Waals surface area contributed by atoms with Crippen LogP contribution in [0.4, 0.5) is 0 Å². The van der Waals surface area contributed by atoms with Crippen molar-refractivity contribution >= 4 is 11.9 Å². The molecular weight excluding hydrogens is 290 g/mol. The number of nitrogens with two attached hydrogens (primary N) is 1. The molecule has 1 aromatic rings. The van der Waals surface area contributed by atoms with Crippen LogP contribution >= 0.6 is 0 Å². The molecule has 1 unspecified atom stereocenters. The van der Waals surface area contributed by atoms with Gasteiger partial charge in [0.15, 0.2) is 11.5 Å². The van der Waals surface area contributed by atoms with Crippen LogP contribution in [0.15, 0.2) is 18.2 Å². The summed E-state index contributed by atoms with van der Waals surface area (Å²) in [6.45, 7) is 4.49. The lowest BCUT2D eigenvalue weighted by Gasteiger charge is -2.22. The molecule has 122 valence electrons. The third-order valence-electron chi connectivity index (χ3n) is 3.11. The number of benzene rings is 1. The second-order valence-corrected chi connectivity index (χ2v) is 5.09. The highest BCUT2D eigenvalue weighted by molar-refractivity contribution is 5.76. The number of phenolic OH excluding ortho intramolecular Hbond substituents is 2. The Bertz CT molecular complexity index is 545. The van der Waals surface area contributed by atoms with Gasteiger partial charge in [-0.05, 0) is 38.0 Å². The van der Waals surface area contributed by atoms with Crippen molar-refractivity contribution in [2.24, 2.45) is 5.73 Å². The van der Waals surface area contributed by atoms with E-state index in [1.54, 1.807) is 19.9 Å². The van der Waals surface area contributed by atoms with Gasteiger partial charge in [0.25, 0.3) is 0 Å². The van der Waals surface area contributed by atoms with Crippen molar-refractivity contribution in [2.75, 3.05) is 0 Å². The Labute approximate surface area is 128 Å². The number of hydrogen-bond donors (Lipinski definition) is 3. The second-order valence-electron chi connectivity index (χ2n) is 5.09. The molecular formula is C15H21NO6. The zero-order chi connectivity index (χ0) is 16.9. The van der Waals surface area contributed by atoms with Crippen molar-refractivity contribution in [2.45, 2.75) is 45.4 Å². The van der Waals surface area contributed by atoms with Gasteiger partial charge in [-0.15, -0.1) is 0 Å². The van der Waals surface area contributed by atoms with Crippen molar-refractivity contribution in [1.29, 1.82) is 0 Å². The van der Waals surface area contributed by atoms with Gasteiger partial charge >= 0.3 is 11.9 Å². The van der Waals surface area contributed by atoms with E-state index < -0.39 is 30.2 Å². The van der Waals surface area contributed by atoms with Gasteiger partial charge in [0.05, 0.1) is 0 Å². The van der Waals surface area contributed by atoms with E-state index in [0.29, 0.717) is 5.56 Å². The summed E-state index contributed by atoms with van der Waals surface area (Å²) in [5.74, 6) is -1.63. The minimum absolute atomic E-state index is 0.140. The average Bonchev–Trinajstić information content (AvgIpc) is 2.41. The zero-order valence-electron chi connectivity index (χ0n) is 12.8. The summed E-state index contributed by atoms with van der Waals surface area (Å²) in [5, 5.41) is 18.6. The van der Waals surface area contributed by atoms with Crippen LogP contribution in [0, 0.1) is 0 Å². The van der Waals surface area contributed by atoms with Crippen molar-refractivity contribution in [3.05, 3.63) is 23.8 Å². The maximum Gasteiger partial charge on any atom is 0.323 e. The van der Waals surface area contributed by atoms with Crippen LogP contribution in [0.3, 0.4) is 0 Å². The summed E-state index contributed by atoms with van der Waals surface area (Å²) in [6.07, 6.45) is -1.07. The first-order valence-electron chi connectivity index (χ1n) is 6.84. The van der Waals surface area contributed by atoms with E-state index in [0.717, 1.165) is 0 Å². The van der Waals surface area contributed by atoms with Gasteiger partial charge in [-0.2, -0.15) is 0 Å². The third-order valence-corrected chi connectivity index (χ3v) is 3.11. The van der Waals surface area contributed by atoms with Crippen LogP contribution < -0.4 is 5.73 Å². The summed E-state index contributed by atoms with van der Waals surface area (Å²) in [4.78, 5) is 22.7. The first-order valence-corrected chi connectivity index (χ1v) is 6.84. The van der Waals surface area contributed by atoms with Crippen LogP contribution in [-0.2, 0) is 25.5 Å². The normalized spacial score (nSPS) is 14.7. The lowest BCUT2D eigenvalue weighted by Crippen LogP contribution is -2.39. The number of hydrogen-bond acceptors (Lipinski definition) is 7. The molecule has 0 aromatic heterocycles. The van der Waals surface area contributed by atoms with Crippen LogP contribution in [-0.4, -0.2) is 40.4 Å². The van der Waals surface area contributed by atoms with E-state index in [9.17, 15) is 19.8 Å². The largest absolute Gasteiger partial charge is 0.504 e. The van der Waals surface area contributed by atoms with E-state index in [1.807, 2.05) is 0 Å². The number of ether oxygens (including phenoxy) is 2. The first kappa shape index (κ1) is 17.8. The quantitative estimate of drug-likeness (QED) is 0.526. The monoisotopic (exact) mass is 311 g/mol. The van der Waals surface area contributed by atoms with E-state index in [4.69, 9.17) is 15.2 Å². The van der Waals surface area contributed by atoms with Gasteiger partial charge in [-0.1, -0.05) is 6.07 Å². The van der Waals surface area contributed by atoms with Crippen molar-refractivity contribution in [3.8, 4) is 11.5 Å². The molecule has 0 fully saturated rings. The number of rotatable bonds is 6. The number of esters is 2. The fourth-order valence-electron chi connectivity index (χ4n) is 1.76. The molecule has 0 spiro atoms. The highest BCUT2D eigenvalue weighted by Gasteiger charge is 2.23. The van der Waals surface area contributed by atoms with Crippen LogP contribution in [0.25, 0.3) is 0 Å². The highest BCUT2D eigenvalue weighted by atomic mass is 16.6. The van der Waals surface area contributed by atoms with Crippen LogP contribution in [0.5, 0.6) is 11.5 Å². The molecule has 0 radical (unpaired) electrons. The van der Waals surface area contributed by atoms with Gasteiger partial charge in [-0.3, -0.25) is 9.59 Å². The maximum atomic E-state index is 11.9. The molecule has 7 nitrogen and oxygen atoms in total. The molecule has 0 aliphatic carbocycles. The van der Waals surface area contributed by atoms with Gasteiger partial charge in [0.1, 0.15) is 18.2 Å². The number of phenols is 2. The Balaban J connectivity index is 2.57. The Morgan fingerprint density at radius 1 is 1.14 bits per heavy atom. The van der Waals surface area contributed by atoms with Gasteiger partial charge < -0.3 is 25.4 Å². The summed E-state index contributed by atoms with van der Waals surface area (Å²) in [5.41, 5.74) is 6.34. The highest BCUT2D eigenvalue weighted by Crippen LogP contribution is 2.25. The van der Waals surface area contributed by atoms with Gasteiger partial charge in [0, 0.05) is 6.92 Å². The number of carbonyl (C=O) groups excluding carboxylic acids is 2.